The van der Waals surface area contributed by atoms with E-state index in [0.29, 0.717) is 52.7 Å². The summed E-state index contributed by atoms with van der Waals surface area (Å²) in [6.45, 7) is 0. The van der Waals surface area contributed by atoms with E-state index in [-0.39, 0.29) is 0 Å². The number of nitrogens with zero attached hydrogens (tertiary/aromatic N) is 13. The third-order valence-electron chi connectivity index (χ3n) is 27.6. The summed E-state index contributed by atoms with van der Waals surface area (Å²) in [5, 5.41) is 15.4. The zero-order valence-corrected chi connectivity index (χ0v) is 77.6. The van der Waals surface area contributed by atoms with Gasteiger partial charge < -0.3 is 22.4 Å². The molecule has 0 amide bonds. The van der Waals surface area contributed by atoms with E-state index in [1.54, 1.807) is 0 Å². The van der Waals surface area contributed by atoms with Crippen LogP contribution in [-0.4, -0.2) is 63.1 Å². The Morgan fingerprint density at radius 3 is 0.759 bits per heavy atom. The maximum Gasteiger partial charge on any atom is 0.238 e. The largest absolute Gasteiger partial charge is 0.456 e. The number of para-hydroxylation sites is 6. The van der Waals surface area contributed by atoms with Gasteiger partial charge in [-0.3, -0.25) is 9.13 Å². The Morgan fingerprint density at radius 2 is 0.386 bits per heavy atom. The van der Waals surface area contributed by atoms with Crippen LogP contribution in [0.25, 0.3) is 278 Å². The Hall–Kier alpha value is -20.0. The molecule has 145 heavy (non-hydrogen) atoms. The molecule has 0 spiro atoms. The van der Waals surface area contributed by atoms with E-state index in [1.807, 2.05) is 224 Å². The van der Waals surface area contributed by atoms with E-state index < -0.39 is 0 Å². The minimum absolute atomic E-state index is 0.540. The topological polar surface area (TPSA) is 175 Å². The maximum atomic E-state index is 6.97. The fourth-order valence-corrected chi connectivity index (χ4v) is 21.2. The Balaban J connectivity index is 0.000000107. The Kier molecular flexibility index (Phi) is 19.8. The van der Waals surface area contributed by atoms with Crippen LogP contribution in [0.15, 0.2) is 492 Å². The lowest BCUT2D eigenvalue weighted by atomic mass is 10.00. The molecule has 0 saturated carbocycles. The molecule has 0 radical (unpaired) electrons. The minimum Gasteiger partial charge on any atom is -0.456 e. The Morgan fingerprint density at radius 1 is 0.131 bits per heavy atom. The molecule has 0 aliphatic heterocycles. The molecular weight excluding hydrogens is 1780 g/mol. The van der Waals surface area contributed by atoms with Crippen molar-refractivity contribution in [2.24, 2.45) is 0 Å². The van der Waals surface area contributed by atoms with Crippen LogP contribution >= 0.6 is 0 Å². The van der Waals surface area contributed by atoms with Crippen LogP contribution in [-0.2, 0) is 0 Å². The van der Waals surface area contributed by atoms with Crippen molar-refractivity contribution in [1.29, 1.82) is 0 Å². The summed E-state index contributed by atoms with van der Waals surface area (Å²) < 4.78 is 29.5. The number of hydrogen-bond donors (Lipinski definition) is 0. The highest BCUT2D eigenvalue weighted by atomic mass is 16.3. The lowest BCUT2D eigenvalue weighted by Gasteiger charge is -2.12. The highest BCUT2D eigenvalue weighted by molar-refractivity contribution is 6.30. The summed E-state index contributed by atoms with van der Waals surface area (Å²) in [5.41, 5.74) is 26.2. The Labute approximate surface area is 828 Å². The van der Waals surface area contributed by atoms with Gasteiger partial charge in [0.05, 0.1) is 60.3 Å². The average molecular weight is 1860 g/mol. The number of rotatable bonds is 13. The third kappa shape index (κ3) is 14.3. The fourth-order valence-electron chi connectivity index (χ4n) is 21.2. The number of hydrogen-bond acceptors (Lipinski definition) is 12. The minimum atomic E-state index is 0.540. The van der Waals surface area contributed by atoms with Crippen molar-refractivity contribution in [2.45, 2.75) is 0 Å². The van der Waals surface area contributed by atoms with Crippen molar-refractivity contribution in [3.8, 4) is 125 Å². The molecule has 10 aromatic heterocycles. The van der Waals surface area contributed by atoms with Gasteiger partial charge in [0.2, 0.25) is 11.9 Å². The molecule has 0 aliphatic carbocycles. The molecule has 0 atom stereocenters. The summed E-state index contributed by atoms with van der Waals surface area (Å²) >= 11 is 0. The highest BCUT2D eigenvalue weighted by Gasteiger charge is 2.29. The number of benzene rings is 20. The summed E-state index contributed by atoms with van der Waals surface area (Å²) in [6.07, 6.45) is 0. The van der Waals surface area contributed by atoms with Crippen LogP contribution in [0.5, 0.6) is 0 Å². The van der Waals surface area contributed by atoms with Gasteiger partial charge in [0.25, 0.3) is 0 Å². The van der Waals surface area contributed by atoms with Gasteiger partial charge in [-0.05, 0) is 154 Å². The first-order valence-electron chi connectivity index (χ1n) is 48.4. The molecule has 16 nitrogen and oxygen atoms in total. The van der Waals surface area contributed by atoms with Gasteiger partial charge in [-0.25, -0.2) is 24.9 Å². The van der Waals surface area contributed by atoms with Crippen LogP contribution in [0.3, 0.4) is 0 Å². The van der Waals surface area contributed by atoms with Gasteiger partial charge in [0.1, 0.15) is 33.5 Å². The summed E-state index contributed by atoms with van der Waals surface area (Å²) in [5.74, 6) is 5.38. The van der Waals surface area contributed by atoms with E-state index >= 15 is 0 Å². The van der Waals surface area contributed by atoms with Crippen molar-refractivity contribution >= 4 is 153 Å². The highest BCUT2D eigenvalue weighted by Crippen LogP contribution is 2.49. The summed E-state index contributed by atoms with van der Waals surface area (Å²) in [6, 6.07) is 165. The van der Waals surface area contributed by atoms with Crippen molar-refractivity contribution < 1.29 is 13.3 Å². The zero-order valence-electron chi connectivity index (χ0n) is 77.6. The van der Waals surface area contributed by atoms with E-state index in [1.165, 1.54) is 21.7 Å². The molecule has 30 rings (SSSR count). The second kappa shape index (κ2) is 34.6. The first kappa shape index (κ1) is 83.2. The third-order valence-corrected chi connectivity index (χ3v) is 27.6. The molecule has 0 fully saturated rings. The molecule has 16 heteroatoms. The Bertz CT molecular complexity index is 10200. The molecule has 0 N–H and O–H groups in total. The van der Waals surface area contributed by atoms with Gasteiger partial charge in [-0.15, -0.1) is 0 Å². The van der Waals surface area contributed by atoms with Crippen LogP contribution in [0.4, 0.5) is 0 Å². The zero-order chi connectivity index (χ0) is 95.5. The van der Waals surface area contributed by atoms with E-state index in [4.69, 9.17) is 58.1 Å². The lowest BCUT2D eigenvalue weighted by Crippen LogP contribution is -2.06. The quantitative estimate of drug-likeness (QED) is 0.107. The van der Waals surface area contributed by atoms with Gasteiger partial charge in [0.15, 0.2) is 40.8 Å². The predicted molar refractivity (Wildman–Crippen MR) is 588 cm³/mol. The molecule has 20 aromatic carbocycles. The van der Waals surface area contributed by atoms with E-state index in [9.17, 15) is 0 Å². The smallest absolute Gasteiger partial charge is 0.238 e. The van der Waals surface area contributed by atoms with Gasteiger partial charge in [0, 0.05) is 93.4 Å². The lowest BCUT2D eigenvalue weighted by molar-refractivity contribution is 0.663. The second-order valence-electron chi connectivity index (χ2n) is 36.2. The van der Waals surface area contributed by atoms with E-state index in [2.05, 4.69) is 273 Å². The SMILES string of the molecule is c1ccc(-c2cc3oc4ccccc4c4cccc5c4c3c(c2)n5-c2nc(-c3ccccc3)nc(-c3ccccc3)n2)cc1.c1ccc(-c2nc(-c3ccccc3)nc(-c3cc4oc5ccccc5c5cccc6c5c4c(c3)n6-c3ccccc3)n2)cc1.c1ccc(-c2nc(-c3ccccc3)nc(-n3c4cc(-c5ccc6c(c5)c5ccccc5n6-c5ccccc5)cc5oc6ccccc6c6cccc3c6c54)n2)cc1. The number of aromatic nitrogens is 13. The summed E-state index contributed by atoms with van der Waals surface area (Å²) in [4.78, 5) is 45.6. The van der Waals surface area contributed by atoms with Gasteiger partial charge in [-0.1, -0.05) is 364 Å². The molecule has 678 valence electrons. The van der Waals surface area contributed by atoms with Crippen molar-refractivity contribution in [2.75, 3.05) is 0 Å². The van der Waals surface area contributed by atoms with Gasteiger partial charge in [-0.2, -0.15) is 19.9 Å². The molecule has 0 unspecified atom stereocenters. The maximum absolute atomic E-state index is 6.97. The standard InChI is InChI=1S/C51H31N5O.2C39H24N4O/c1-4-15-32(16-5-1)49-52-50(33-17-6-2-7-18-33)54-51(53-49)56-43-25-14-23-39-38-22-11-13-26-45(38)57-46-31-35(30-44(56)48(46)47(39)43)34-27-28-42-40(29-34)37-21-10-12-24-41(37)55(42)36-19-8-3-9-20-36;1-4-13-25(14-5-1)37-40-38(26-15-6-2-7-16-26)42-39(41-37)27-23-32-36-34(24-27)44-33-22-11-10-19-29(33)30-20-12-21-31(35(30)36)43(32)28-17-8-3-9-18-28;1-4-13-25(14-5-1)28-23-32-36-34(24-28)44-33-22-11-10-19-29(33)30-20-12-21-31(35(30)36)43(32)39-41-37(26-15-6-2-7-16-26)40-38(42-39)27-17-8-3-9-18-27/h1-31H;2*1-24H. The van der Waals surface area contributed by atoms with Crippen LogP contribution in [0, 0.1) is 0 Å². The van der Waals surface area contributed by atoms with Crippen molar-refractivity contribution in [1.82, 2.24) is 63.1 Å². The molecular formula is C129H79N13O3. The molecule has 0 aliphatic rings. The van der Waals surface area contributed by atoms with Crippen molar-refractivity contribution in [3.63, 3.8) is 0 Å². The number of fused-ring (bicyclic) bond motifs is 9. The normalized spacial score (nSPS) is 11.7. The first-order valence-corrected chi connectivity index (χ1v) is 48.4. The van der Waals surface area contributed by atoms with Crippen molar-refractivity contribution in [3.05, 3.63) is 479 Å². The first-order chi connectivity index (χ1) is 71.9. The fraction of sp³-hybridized carbons (Fsp3) is 0. The van der Waals surface area contributed by atoms with Gasteiger partial charge >= 0.3 is 0 Å². The van der Waals surface area contributed by atoms with Crippen LogP contribution in [0.2, 0.25) is 0 Å². The molecule has 0 saturated heterocycles. The van der Waals surface area contributed by atoms with Crippen LogP contribution in [0.1, 0.15) is 0 Å². The molecule has 30 aromatic rings. The molecule has 10 heterocycles. The molecule has 0 bridgehead atoms. The van der Waals surface area contributed by atoms with E-state index in [0.717, 1.165) is 204 Å². The summed E-state index contributed by atoms with van der Waals surface area (Å²) in [7, 11) is 0. The predicted octanol–water partition coefficient (Wildman–Crippen LogP) is 32.7. The monoisotopic (exact) mass is 1860 g/mol. The van der Waals surface area contributed by atoms with Crippen LogP contribution < -0.4 is 0 Å². The second-order valence-corrected chi connectivity index (χ2v) is 36.2. The average Bonchev–Trinajstić information content (AvgIpc) is 1.56.